The molecule has 1 aliphatic heterocycles. The van der Waals surface area contributed by atoms with E-state index < -0.39 is 4.92 Å². The van der Waals surface area contributed by atoms with Crippen LogP contribution in [-0.2, 0) is 0 Å². The van der Waals surface area contributed by atoms with E-state index in [1.807, 2.05) is 0 Å². The van der Waals surface area contributed by atoms with Gasteiger partial charge in [-0.15, -0.1) is 0 Å². The van der Waals surface area contributed by atoms with Gasteiger partial charge in [0, 0.05) is 25.2 Å². The lowest BCUT2D eigenvalue weighted by molar-refractivity contribution is -0.384. The van der Waals surface area contributed by atoms with E-state index in [1.165, 1.54) is 24.3 Å². The number of non-ortho nitro benzene ring substituents is 1. The monoisotopic (exact) mass is 342 g/mol. The van der Waals surface area contributed by atoms with Gasteiger partial charge in [0.2, 0.25) is 0 Å². The van der Waals surface area contributed by atoms with Crippen molar-refractivity contribution >= 4 is 11.8 Å². The van der Waals surface area contributed by atoms with E-state index in [4.69, 9.17) is 9.47 Å². The lowest BCUT2D eigenvalue weighted by Crippen LogP contribution is -2.37. The summed E-state index contributed by atoms with van der Waals surface area (Å²) in [7, 11) is 0. The third kappa shape index (κ3) is 4.47. The smallest absolute Gasteiger partial charge is 0.415 e. The van der Waals surface area contributed by atoms with E-state index in [2.05, 4.69) is 0 Å². The molecule has 7 heteroatoms. The highest BCUT2D eigenvalue weighted by Gasteiger charge is 2.18. The van der Waals surface area contributed by atoms with Crippen molar-refractivity contribution in [3.8, 4) is 17.2 Å². The van der Waals surface area contributed by atoms with Crippen molar-refractivity contribution in [2.75, 3.05) is 13.1 Å². The van der Waals surface area contributed by atoms with Gasteiger partial charge in [-0.2, -0.15) is 0 Å². The summed E-state index contributed by atoms with van der Waals surface area (Å²) in [6.07, 6.45) is 2.84. The molecule has 0 aliphatic carbocycles. The number of hydrogen-bond donors (Lipinski definition) is 0. The van der Waals surface area contributed by atoms with Gasteiger partial charge in [0.05, 0.1) is 4.92 Å². The average molecular weight is 342 g/mol. The average Bonchev–Trinajstić information content (AvgIpc) is 2.64. The number of carbonyl (C=O) groups excluding carboxylic acids is 1. The zero-order chi connectivity index (χ0) is 17.6. The van der Waals surface area contributed by atoms with Crippen molar-refractivity contribution in [3.63, 3.8) is 0 Å². The van der Waals surface area contributed by atoms with Crippen molar-refractivity contribution in [2.24, 2.45) is 0 Å². The summed E-state index contributed by atoms with van der Waals surface area (Å²) < 4.78 is 11.0. The third-order valence-electron chi connectivity index (χ3n) is 3.93. The molecule has 25 heavy (non-hydrogen) atoms. The maximum absolute atomic E-state index is 12.0. The second kappa shape index (κ2) is 7.65. The van der Waals surface area contributed by atoms with Crippen molar-refractivity contribution in [3.05, 3.63) is 58.6 Å². The molecular formula is C18H18N2O5. The Balaban J connectivity index is 1.58. The fourth-order valence-corrected chi connectivity index (χ4v) is 2.59. The van der Waals surface area contributed by atoms with Crippen LogP contribution in [0.2, 0.25) is 0 Å². The summed E-state index contributed by atoms with van der Waals surface area (Å²) in [5.41, 5.74) is 0.00678. The van der Waals surface area contributed by atoms with Crippen LogP contribution in [0.15, 0.2) is 48.5 Å². The zero-order valence-electron chi connectivity index (χ0n) is 13.6. The molecule has 0 N–H and O–H groups in total. The molecule has 0 radical (unpaired) electrons. The molecule has 2 aromatic rings. The largest absolute Gasteiger partial charge is 0.457 e. The fraction of sp³-hybridized carbons (Fsp3) is 0.278. The summed E-state index contributed by atoms with van der Waals surface area (Å²) in [5, 5.41) is 10.6. The Labute approximate surface area is 144 Å². The lowest BCUT2D eigenvalue weighted by Gasteiger charge is -2.25. The highest BCUT2D eigenvalue weighted by atomic mass is 16.6. The van der Waals surface area contributed by atoms with Gasteiger partial charge in [0.25, 0.3) is 5.69 Å². The molecule has 1 fully saturated rings. The molecular weight excluding hydrogens is 324 g/mol. The van der Waals surface area contributed by atoms with Crippen LogP contribution < -0.4 is 9.47 Å². The minimum Gasteiger partial charge on any atom is -0.457 e. The Bertz CT molecular complexity index is 737. The number of amides is 1. The predicted octanol–water partition coefficient (Wildman–Crippen LogP) is 4.37. The van der Waals surface area contributed by atoms with E-state index in [0.29, 0.717) is 17.2 Å². The van der Waals surface area contributed by atoms with Crippen molar-refractivity contribution in [2.45, 2.75) is 19.3 Å². The molecule has 1 heterocycles. The van der Waals surface area contributed by atoms with Crippen LogP contribution in [0, 0.1) is 10.1 Å². The molecule has 0 bridgehead atoms. The molecule has 3 rings (SSSR count). The van der Waals surface area contributed by atoms with Gasteiger partial charge in [-0.3, -0.25) is 10.1 Å². The van der Waals surface area contributed by atoms with Crippen molar-refractivity contribution in [1.82, 2.24) is 4.90 Å². The molecule has 1 aliphatic rings. The highest BCUT2D eigenvalue weighted by molar-refractivity contribution is 5.70. The first kappa shape index (κ1) is 16.8. The number of nitrogens with zero attached hydrogens (tertiary/aromatic N) is 2. The number of piperidine rings is 1. The van der Waals surface area contributed by atoms with E-state index in [1.54, 1.807) is 29.2 Å². The number of carbonyl (C=O) groups is 1. The lowest BCUT2D eigenvalue weighted by atomic mass is 10.1. The first-order valence-corrected chi connectivity index (χ1v) is 8.11. The van der Waals surface area contributed by atoms with Gasteiger partial charge in [0.1, 0.15) is 17.2 Å². The summed E-state index contributed by atoms with van der Waals surface area (Å²) in [4.78, 5) is 23.9. The van der Waals surface area contributed by atoms with E-state index >= 15 is 0 Å². The number of ether oxygens (including phenoxy) is 2. The van der Waals surface area contributed by atoms with Crippen LogP contribution in [0.4, 0.5) is 10.5 Å². The van der Waals surface area contributed by atoms with Crippen LogP contribution in [0.1, 0.15) is 19.3 Å². The maximum Gasteiger partial charge on any atom is 0.415 e. The number of rotatable bonds is 4. The Morgan fingerprint density at radius 2 is 1.40 bits per heavy atom. The van der Waals surface area contributed by atoms with Crippen LogP contribution in [-0.4, -0.2) is 29.0 Å². The number of hydrogen-bond acceptors (Lipinski definition) is 5. The van der Waals surface area contributed by atoms with Gasteiger partial charge in [-0.05, 0) is 55.7 Å². The van der Waals surface area contributed by atoms with Crippen molar-refractivity contribution in [1.29, 1.82) is 0 Å². The molecule has 0 saturated carbocycles. The summed E-state index contributed by atoms with van der Waals surface area (Å²) >= 11 is 0. The third-order valence-corrected chi connectivity index (χ3v) is 3.93. The molecule has 1 saturated heterocycles. The predicted molar refractivity (Wildman–Crippen MR) is 91.1 cm³/mol. The second-order valence-electron chi connectivity index (χ2n) is 5.74. The van der Waals surface area contributed by atoms with E-state index in [9.17, 15) is 14.9 Å². The number of likely N-dealkylation sites (tertiary alicyclic amines) is 1. The molecule has 0 atom stereocenters. The van der Waals surface area contributed by atoms with Crippen molar-refractivity contribution < 1.29 is 19.2 Å². The molecule has 1 amide bonds. The number of nitro groups is 1. The van der Waals surface area contributed by atoms with Crippen LogP contribution in [0.25, 0.3) is 0 Å². The quantitative estimate of drug-likeness (QED) is 0.608. The Morgan fingerprint density at radius 3 is 1.96 bits per heavy atom. The zero-order valence-corrected chi connectivity index (χ0v) is 13.6. The van der Waals surface area contributed by atoms with Crippen LogP contribution in [0.5, 0.6) is 17.2 Å². The van der Waals surface area contributed by atoms with E-state index in [0.717, 1.165) is 32.4 Å². The second-order valence-corrected chi connectivity index (χ2v) is 5.74. The first-order valence-electron chi connectivity index (χ1n) is 8.11. The van der Waals surface area contributed by atoms with Crippen LogP contribution in [0.3, 0.4) is 0 Å². The highest BCUT2D eigenvalue weighted by Crippen LogP contribution is 2.26. The standard InChI is InChI=1S/C18H18N2O5/c21-18(19-12-2-1-3-13-19)25-17-10-8-16(9-11-17)24-15-6-4-14(5-7-15)20(22)23/h4-11H,1-3,12-13H2. The van der Waals surface area contributed by atoms with Gasteiger partial charge in [-0.1, -0.05) is 0 Å². The number of nitro benzene ring substituents is 1. The minimum absolute atomic E-state index is 0.00678. The normalized spacial score (nSPS) is 14.0. The minimum atomic E-state index is -0.463. The number of benzene rings is 2. The Hall–Kier alpha value is -3.09. The molecule has 7 nitrogen and oxygen atoms in total. The Morgan fingerprint density at radius 1 is 0.880 bits per heavy atom. The Kier molecular flexibility index (Phi) is 5.13. The SMILES string of the molecule is O=C(Oc1ccc(Oc2ccc([N+](=O)[O-])cc2)cc1)N1CCCCC1. The maximum atomic E-state index is 12.0. The molecule has 0 aromatic heterocycles. The van der Waals surface area contributed by atoms with Gasteiger partial charge >= 0.3 is 6.09 Å². The van der Waals surface area contributed by atoms with Crippen LogP contribution >= 0.6 is 0 Å². The van der Waals surface area contributed by atoms with Gasteiger partial charge in [-0.25, -0.2) is 4.79 Å². The summed E-state index contributed by atoms with van der Waals surface area (Å²) in [6, 6.07) is 12.5. The van der Waals surface area contributed by atoms with E-state index in [-0.39, 0.29) is 11.8 Å². The topological polar surface area (TPSA) is 81.9 Å². The van der Waals surface area contributed by atoms with Gasteiger partial charge in [0.15, 0.2) is 0 Å². The molecule has 2 aromatic carbocycles. The molecule has 0 unspecified atom stereocenters. The summed E-state index contributed by atoms with van der Waals surface area (Å²) in [6.45, 7) is 1.47. The van der Waals surface area contributed by atoms with Gasteiger partial charge < -0.3 is 14.4 Å². The first-order chi connectivity index (χ1) is 12.1. The fourth-order valence-electron chi connectivity index (χ4n) is 2.59. The molecule has 0 spiro atoms. The molecule has 130 valence electrons. The summed E-state index contributed by atoms with van der Waals surface area (Å²) in [5.74, 6) is 1.49.